The van der Waals surface area contributed by atoms with Crippen molar-refractivity contribution in [3.05, 3.63) is 23.8 Å². The molecule has 0 saturated heterocycles. The van der Waals surface area contributed by atoms with E-state index in [0.29, 0.717) is 18.0 Å². The minimum atomic E-state index is -0.464. The van der Waals surface area contributed by atoms with Gasteiger partial charge in [0.15, 0.2) is 11.5 Å². The Hall–Kier alpha value is -2.28. The number of hydrogen-bond donors (Lipinski definition) is 2. The van der Waals surface area contributed by atoms with Crippen molar-refractivity contribution in [3.63, 3.8) is 0 Å². The second kappa shape index (κ2) is 9.77. The number of carbonyl (C=O) groups is 2. The Morgan fingerprint density at radius 1 is 1.21 bits per heavy atom. The number of nitrogens with one attached hydrogen (secondary N) is 2. The molecule has 1 rings (SSSR count). The molecule has 1 aromatic rings. The second-order valence-corrected chi connectivity index (χ2v) is 5.69. The standard InChI is InChI=1S/C17H27N3O4/c1-6-12(2)18-17(22)19-16(21)11-20(3)10-13-7-8-14(23-4)15(9-13)24-5/h7-9,12H,6,10-11H2,1-5H3,(H2,18,19,21,22)/t12-/m1/s1. The van der Waals surface area contributed by atoms with Crippen LogP contribution in [0, 0.1) is 0 Å². The van der Waals surface area contributed by atoms with Gasteiger partial charge < -0.3 is 14.8 Å². The van der Waals surface area contributed by atoms with Crippen molar-refractivity contribution in [2.75, 3.05) is 27.8 Å². The SMILES string of the molecule is CC[C@@H](C)NC(=O)NC(=O)CN(C)Cc1ccc(OC)c(OC)c1. The van der Waals surface area contributed by atoms with Gasteiger partial charge in [0, 0.05) is 12.6 Å². The maximum atomic E-state index is 11.9. The molecular weight excluding hydrogens is 310 g/mol. The smallest absolute Gasteiger partial charge is 0.321 e. The summed E-state index contributed by atoms with van der Waals surface area (Å²) in [5, 5.41) is 5.02. The van der Waals surface area contributed by atoms with Crippen LogP contribution in [-0.4, -0.2) is 50.7 Å². The molecule has 0 aromatic heterocycles. The quantitative estimate of drug-likeness (QED) is 0.756. The molecule has 1 aromatic carbocycles. The molecule has 0 bridgehead atoms. The first-order valence-electron chi connectivity index (χ1n) is 7.89. The molecule has 0 spiro atoms. The molecule has 0 aliphatic carbocycles. The number of amides is 3. The molecule has 0 saturated carbocycles. The van der Waals surface area contributed by atoms with Crippen molar-refractivity contribution in [3.8, 4) is 11.5 Å². The van der Waals surface area contributed by atoms with Crippen LogP contribution in [0.5, 0.6) is 11.5 Å². The van der Waals surface area contributed by atoms with Crippen molar-refractivity contribution in [1.29, 1.82) is 0 Å². The van der Waals surface area contributed by atoms with E-state index < -0.39 is 6.03 Å². The summed E-state index contributed by atoms with van der Waals surface area (Å²) in [6.07, 6.45) is 0.806. The molecule has 24 heavy (non-hydrogen) atoms. The highest BCUT2D eigenvalue weighted by molar-refractivity contribution is 5.95. The van der Waals surface area contributed by atoms with Gasteiger partial charge in [-0.15, -0.1) is 0 Å². The summed E-state index contributed by atoms with van der Waals surface area (Å²) in [7, 11) is 4.97. The van der Waals surface area contributed by atoms with E-state index in [1.807, 2.05) is 44.0 Å². The molecule has 134 valence electrons. The maximum Gasteiger partial charge on any atom is 0.321 e. The predicted molar refractivity (Wildman–Crippen MR) is 92.3 cm³/mol. The van der Waals surface area contributed by atoms with E-state index in [4.69, 9.17) is 9.47 Å². The van der Waals surface area contributed by atoms with Crippen LogP contribution in [0.1, 0.15) is 25.8 Å². The van der Waals surface area contributed by atoms with E-state index in [9.17, 15) is 9.59 Å². The Morgan fingerprint density at radius 3 is 2.46 bits per heavy atom. The summed E-state index contributed by atoms with van der Waals surface area (Å²) in [6.45, 7) is 4.50. The number of methoxy groups -OCH3 is 2. The Balaban J connectivity index is 2.52. The molecule has 0 unspecified atom stereocenters. The molecular formula is C17H27N3O4. The molecule has 2 N–H and O–H groups in total. The number of hydrogen-bond acceptors (Lipinski definition) is 5. The van der Waals surface area contributed by atoms with Gasteiger partial charge in [-0.1, -0.05) is 13.0 Å². The monoisotopic (exact) mass is 337 g/mol. The number of carbonyl (C=O) groups excluding carboxylic acids is 2. The van der Waals surface area contributed by atoms with Crippen molar-refractivity contribution in [1.82, 2.24) is 15.5 Å². The first-order chi connectivity index (χ1) is 11.4. The zero-order valence-corrected chi connectivity index (χ0v) is 15.0. The van der Waals surface area contributed by atoms with Crippen LogP contribution in [0.4, 0.5) is 4.79 Å². The van der Waals surface area contributed by atoms with Gasteiger partial charge in [-0.3, -0.25) is 15.0 Å². The zero-order chi connectivity index (χ0) is 18.1. The number of rotatable bonds is 8. The molecule has 7 heteroatoms. The van der Waals surface area contributed by atoms with Crippen LogP contribution in [0.3, 0.4) is 0 Å². The van der Waals surface area contributed by atoms with E-state index in [1.165, 1.54) is 0 Å². The minimum Gasteiger partial charge on any atom is -0.493 e. The lowest BCUT2D eigenvalue weighted by molar-refractivity contribution is -0.121. The number of likely N-dealkylation sites (N-methyl/N-ethyl adjacent to an activating group) is 1. The number of benzene rings is 1. The Bertz CT molecular complexity index is 563. The van der Waals surface area contributed by atoms with Crippen LogP contribution in [-0.2, 0) is 11.3 Å². The number of imide groups is 1. The van der Waals surface area contributed by atoms with Gasteiger partial charge in [-0.05, 0) is 38.1 Å². The fourth-order valence-electron chi connectivity index (χ4n) is 2.12. The summed E-state index contributed by atoms with van der Waals surface area (Å²) in [6, 6.07) is 5.16. The van der Waals surface area contributed by atoms with Gasteiger partial charge in [-0.25, -0.2) is 4.79 Å². The van der Waals surface area contributed by atoms with Gasteiger partial charge in [-0.2, -0.15) is 0 Å². The fourth-order valence-corrected chi connectivity index (χ4v) is 2.12. The number of ether oxygens (including phenoxy) is 2. The highest BCUT2D eigenvalue weighted by Crippen LogP contribution is 2.27. The fraction of sp³-hybridized carbons (Fsp3) is 0.529. The van der Waals surface area contributed by atoms with Gasteiger partial charge in [0.25, 0.3) is 0 Å². The summed E-state index contributed by atoms with van der Waals surface area (Å²) in [5.74, 6) is 0.947. The predicted octanol–water partition coefficient (Wildman–Crippen LogP) is 1.76. The molecule has 0 heterocycles. The average Bonchev–Trinajstić information content (AvgIpc) is 2.53. The molecule has 0 radical (unpaired) electrons. The van der Waals surface area contributed by atoms with Crippen LogP contribution in [0.15, 0.2) is 18.2 Å². The van der Waals surface area contributed by atoms with Crippen molar-refractivity contribution in [2.24, 2.45) is 0 Å². The van der Waals surface area contributed by atoms with E-state index in [-0.39, 0.29) is 18.5 Å². The molecule has 3 amide bonds. The largest absolute Gasteiger partial charge is 0.493 e. The molecule has 0 aliphatic rings. The Labute approximate surface area is 143 Å². The van der Waals surface area contributed by atoms with Crippen molar-refractivity contribution >= 4 is 11.9 Å². The minimum absolute atomic E-state index is 0.0299. The van der Waals surface area contributed by atoms with Crippen LogP contribution < -0.4 is 20.1 Å². The van der Waals surface area contributed by atoms with Gasteiger partial charge >= 0.3 is 6.03 Å². The molecule has 0 aliphatic heterocycles. The topological polar surface area (TPSA) is 79.9 Å². The van der Waals surface area contributed by atoms with Crippen LogP contribution in [0.2, 0.25) is 0 Å². The van der Waals surface area contributed by atoms with Gasteiger partial charge in [0.1, 0.15) is 0 Å². The zero-order valence-electron chi connectivity index (χ0n) is 15.0. The second-order valence-electron chi connectivity index (χ2n) is 5.69. The van der Waals surface area contributed by atoms with Gasteiger partial charge in [0.2, 0.25) is 5.91 Å². The third-order valence-electron chi connectivity index (χ3n) is 3.56. The number of urea groups is 1. The van der Waals surface area contributed by atoms with E-state index >= 15 is 0 Å². The first kappa shape index (κ1) is 19.8. The molecule has 0 fully saturated rings. The van der Waals surface area contributed by atoms with Crippen LogP contribution >= 0.6 is 0 Å². The summed E-state index contributed by atoms with van der Waals surface area (Å²) in [4.78, 5) is 25.3. The Kier molecular flexibility index (Phi) is 8.05. The van der Waals surface area contributed by atoms with E-state index in [0.717, 1.165) is 12.0 Å². The first-order valence-corrected chi connectivity index (χ1v) is 7.89. The number of nitrogens with zero attached hydrogens (tertiary/aromatic N) is 1. The summed E-state index contributed by atoms with van der Waals surface area (Å²) < 4.78 is 10.5. The highest BCUT2D eigenvalue weighted by atomic mass is 16.5. The van der Waals surface area contributed by atoms with Crippen molar-refractivity contribution < 1.29 is 19.1 Å². The Morgan fingerprint density at radius 2 is 1.88 bits per heavy atom. The molecule has 1 atom stereocenters. The maximum absolute atomic E-state index is 11.9. The third-order valence-corrected chi connectivity index (χ3v) is 3.56. The third kappa shape index (κ3) is 6.45. The normalized spacial score (nSPS) is 11.8. The summed E-state index contributed by atoms with van der Waals surface area (Å²) in [5.41, 5.74) is 0.979. The average molecular weight is 337 g/mol. The van der Waals surface area contributed by atoms with Crippen LogP contribution in [0.25, 0.3) is 0 Å². The lowest BCUT2D eigenvalue weighted by atomic mass is 10.2. The van der Waals surface area contributed by atoms with Gasteiger partial charge in [0.05, 0.1) is 20.8 Å². The summed E-state index contributed by atoms with van der Waals surface area (Å²) >= 11 is 0. The lowest BCUT2D eigenvalue weighted by Crippen LogP contribution is -2.46. The van der Waals surface area contributed by atoms with E-state index in [1.54, 1.807) is 14.2 Å². The molecule has 7 nitrogen and oxygen atoms in total. The van der Waals surface area contributed by atoms with Crippen molar-refractivity contribution in [2.45, 2.75) is 32.9 Å². The lowest BCUT2D eigenvalue weighted by Gasteiger charge is -2.18. The van der Waals surface area contributed by atoms with E-state index in [2.05, 4.69) is 10.6 Å². The highest BCUT2D eigenvalue weighted by Gasteiger charge is 2.13.